The molecule has 0 saturated carbocycles. The molecule has 0 aliphatic heterocycles. The minimum absolute atomic E-state index is 0.0775. The Bertz CT molecular complexity index is 828. The summed E-state index contributed by atoms with van der Waals surface area (Å²) in [7, 11) is 0. The smallest absolute Gasteiger partial charge is 0.251 e. The summed E-state index contributed by atoms with van der Waals surface area (Å²) in [6, 6.07) is 13.3. The molecular formula is C17H14FN3O2. The van der Waals surface area contributed by atoms with E-state index in [1.165, 1.54) is 6.07 Å². The van der Waals surface area contributed by atoms with Crippen molar-refractivity contribution in [1.82, 2.24) is 15.5 Å². The first-order valence-electron chi connectivity index (χ1n) is 7.05. The van der Waals surface area contributed by atoms with Gasteiger partial charge in [0.2, 0.25) is 5.89 Å². The Morgan fingerprint density at radius 1 is 1.13 bits per heavy atom. The molecule has 0 aliphatic carbocycles. The summed E-state index contributed by atoms with van der Waals surface area (Å²) in [6.07, 6.45) is 0. The van der Waals surface area contributed by atoms with Crippen LogP contribution in [0.15, 0.2) is 52.9 Å². The highest BCUT2D eigenvalue weighted by atomic mass is 19.1. The van der Waals surface area contributed by atoms with Crippen LogP contribution < -0.4 is 5.32 Å². The van der Waals surface area contributed by atoms with Crippen molar-refractivity contribution in [2.75, 3.05) is 0 Å². The van der Waals surface area contributed by atoms with Crippen molar-refractivity contribution >= 4 is 5.91 Å². The van der Waals surface area contributed by atoms with Crippen LogP contribution in [0.1, 0.15) is 21.8 Å². The van der Waals surface area contributed by atoms with E-state index in [2.05, 4.69) is 15.5 Å². The third-order valence-corrected chi connectivity index (χ3v) is 3.29. The van der Waals surface area contributed by atoms with E-state index in [1.807, 2.05) is 19.1 Å². The number of amides is 1. The molecular weight excluding hydrogens is 297 g/mol. The molecule has 0 fully saturated rings. The van der Waals surface area contributed by atoms with Crippen molar-refractivity contribution in [3.63, 3.8) is 0 Å². The number of carbonyl (C=O) groups excluding carboxylic acids is 1. The third kappa shape index (κ3) is 3.42. The number of halogens is 1. The van der Waals surface area contributed by atoms with Gasteiger partial charge >= 0.3 is 0 Å². The second-order valence-electron chi connectivity index (χ2n) is 5.03. The molecule has 6 heteroatoms. The van der Waals surface area contributed by atoms with Crippen LogP contribution in [-0.4, -0.2) is 16.1 Å². The Hall–Kier alpha value is -3.02. The van der Waals surface area contributed by atoms with E-state index in [0.717, 1.165) is 5.56 Å². The molecule has 1 amide bonds. The van der Waals surface area contributed by atoms with Crippen LogP contribution >= 0.6 is 0 Å². The molecule has 0 saturated heterocycles. The number of rotatable bonds is 4. The van der Waals surface area contributed by atoms with Gasteiger partial charge in [-0.15, -0.1) is 10.2 Å². The van der Waals surface area contributed by atoms with Gasteiger partial charge in [-0.25, -0.2) is 4.39 Å². The lowest BCUT2D eigenvalue weighted by Crippen LogP contribution is -2.22. The number of nitrogens with one attached hydrogen (secondary N) is 1. The Labute approximate surface area is 132 Å². The zero-order chi connectivity index (χ0) is 16.2. The average molecular weight is 311 g/mol. The highest BCUT2D eigenvalue weighted by Crippen LogP contribution is 2.20. The van der Waals surface area contributed by atoms with Gasteiger partial charge in [0.25, 0.3) is 11.8 Å². The van der Waals surface area contributed by atoms with E-state index < -0.39 is 5.82 Å². The topological polar surface area (TPSA) is 68.0 Å². The van der Waals surface area contributed by atoms with E-state index in [0.29, 0.717) is 5.56 Å². The molecule has 116 valence electrons. The van der Waals surface area contributed by atoms with Gasteiger partial charge in [-0.3, -0.25) is 4.79 Å². The molecule has 3 aromatic rings. The van der Waals surface area contributed by atoms with Gasteiger partial charge in [-0.1, -0.05) is 29.8 Å². The number of carbonyl (C=O) groups is 1. The molecule has 0 spiro atoms. The maximum atomic E-state index is 13.7. The fourth-order valence-electron chi connectivity index (χ4n) is 2.03. The van der Waals surface area contributed by atoms with Crippen molar-refractivity contribution in [2.45, 2.75) is 13.5 Å². The summed E-state index contributed by atoms with van der Waals surface area (Å²) in [4.78, 5) is 12.0. The quantitative estimate of drug-likeness (QED) is 0.804. The van der Waals surface area contributed by atoms with Crippen LogP contribution in [0.4, 0.5) is 4.39 Å². The van der Waals surface area contributed by atoms with Crippen LogP contribution in [0.2, 0.25) is 0 Å². The third-order valence-electron chi connectivity index (χ3n) is 3.29. The molecule has 0 bridgehead atoms. The second-order valence-corrected chi connectivity index (χ2v) is 5.03. The van der Waals surface area contributed by atoms with Crippen molar-refractivity contribution < 1.29 is 13.6 Å². The van der Waals surface area contributed by atoms with Crippen molar-refractivity contribution in [3.05, 3.63) is 71.4 Å². The Balaban J connectivity index is 1.67. The number of nitrogens with zero attached hydrogens (tertiary/aromatic N) is 2. The Kier molecular flexibility index (Phi) is 4.14. The fourth-order valence-corrected chi connectivity index (χ4v) is 2.03. The van der Waals surface area contributed by atoms with Crippen LogP contribution in [0, 0.1) is 12.7 Å². The zero-order valence-corrected chi connectivity index (χ0v) is 12.4. The van der Waals surface area contributed by atoms with Gasteiger partial charge in [0.1, 0.15) is 5.82 Å². The van der Waals surface area contributed by atoms with Crippen LogP contribution in [0.3, 0.4) is 0 Å². The van der Waals surface area contributed by atoms with Gasteiger partial charge in [-0.05, 0) is 31.2 Å². The molecule has 3 rings (SSSR count). The van der Waals surface area contributed by atoms with Crippen LogP contribution in [0.5, 0.6) is 0 Å². The highest BCUT2D eigenvalue weighted by molar-refractivity contribution is 5.94. The van der Waals surface area contributed by atoms with Gasteiger partial charge in [0.05, 0.1) is 12.1 Å². The molecule has 1 heterocycles. The molecule has 2 aromatic carbocycles. The van der Waals surface area contributed by atoms with E-state index in [1.54, 1.807) is 30.3 Å². The number of aromatic nitrogens is 2. The second kappa shape index (κ2) is 6.39. The first-order chi connectivity index (χ1) is 11.1. The Morgan fingerprint density at radius 3 is 2.61 bits per heavy atom. The molecule has 1 aromatic heterocycles. The predicted octanol–water partition coefficient (Wildman–Crippen LogP) is 3.11. The average Bonchev–Trinajstić information content (AvgIpc) is 3.02. The van der Waals surface area contributed by atoms with E-state index in [9.17, 15) is 9.18 Å². The minimum atomic E-state index is -0.439. The van der Waals surface area contributed by atoms with Gasteiger partial charge in [0.15, 0.2) is 0 Å². The molecule has 23 heavy (non-hydrogen) atoms. The monoisotopic (exact) mass is 311 g/mol. The molecule has 0 atom stereocenters. The van der Waals surface area contributed by atoms with E-state index in [4.69, 9.17) is 4.42 Å². The van der Waals surface area contributed by atoms with Crippen molar-refractivity contribution in [1.29, 1.82) is 0 Å². The SMILES string of the molecule is Cc1ccc(C(=O)NCc2nnc(-c3ccccc3F)o2)cc1. The summed E-state index contributed by atoms with van der Waals surface area (Å²) in [5.74, 6) is -0.381. The predicted molar refractivity (Wildman–Crippen MR) is 82.0 cm³/mol. The maximum absolute atomic E-state index is 13.7. The highest BCUT2D eigenvalue weighted by Gasteiger charge is 2.13. The molecule has 0 aliphatic rings. The molecule has 0 unspecified atom stereocenters. The molecule has 0 radical (unpaired) electrons. The number of hydrogen-bond donors (Lipinski definition) is 1. The normalized spacial score (nSPS) is 10.5. The summed E-state index contributed by atoms with van der Waals surface area (Å²) < 4.78 is 19.0. The van der Waals surface area contributed by atoms with Crippen molar-refractivity contribution in [2.24, 2.45) is 0 Å². The number of aryl methyl sites for hydroxylation is 1. The molecule has 5 nitrogen and oxygen atoms in total. The zero-order valence-electron chi connectivity index (χ0n) is 12.4. The largest absolute Gasteiger partial charge is 0.419 e. The minimum Gasteiger partial charge on any atom is -0.419 e. The summed E-state index contributed by atoms with van der Waals surface area (Å²) in [5, 5.41) is 10.3. The maximum Gasteiger partial charge on any atom is 0.251 e. The lowest BCUT2D eigenvalue weighted by molar-refractivity contribution is 0.0947. The Morgan fingerprint density at radius 2 is 1.87 bits per heavy atom. The fraction of sp³-hybridized carbons (Fsp3) is 0.118. The standard InChI is InChI=1S/C17H14FN3O2/c1-11-6-8-12(9-7-11)16(22)19-10-15-20-21-17(23-15)13-4-2-3-5-14(13)18/h2-9H,10H2,1H3,(H,19,22). The lowest BCUT2D eigenvalue weighted by atomic mass is 10.1. The number of hydrogen-bond acceptors (Lipinski definition) is 4. The molecule has 1 N–H and O–H groups in total. The number of benzene rings is 2. The van der Waals surface area contributed by atoms with E-state index in [-0.39, 0.29) is 29.8 Å². The van der Waals surface area contributed by atoms with Gasteiger partial charge < -0.3 is 9.73 Å². The van der Waals surface area contributed by atoms with Crippen LogP contribution in [0.25, 0.3) is 11.5 Å². The summed E-state index contributed by atoms with van der Waals surface area (Å²) >= 11 is 0. The van der Waals surface area contributed by atoms with Crippen molar-refractivity contribution in [3.8, 4) is 11.5 Å². The van der Waals surface area contributed by atoms with E-state index >= 15 is 0 Å². The summed E-state index contributed by atoms with van der Waals surface area (Å²) in [6.45, 7) is 2.03. The first kappa shape index (κ1) is 14.9. The van der Waals surface area contributed by atoms with Gasteiger partial charge in [0, 0.05) is 5.56 Å². The van der Waals surface area contributed by atoms with Crippen LogP contribution in [-0.2, 0) is 6.54 Å². The summed E-state index contributed by atoms with van der Waals surface area (Å²) in [5.41, 5.74) is 1.86. The van der Waals surface area contributed by atoms with Gasteiger partial charge in [-0.2, -0.15) is 0 Å². The first-order valence-corrected chi connectivity index (χ1v) is 7.05. The lowest BCUT2D eigenvalue weighted by Gasteiger charge is -2.02.